The number of pyridine rings is 1. The normalized spacial score (nSPS) is 12.5. The van der Waals surface area contributed by atoms with Crippen molar-refractivity contribution in [2.75, 3.05) is 0 Å². The number of H-pyrrole nitrogens is 1. The number of benzene rings is 1. The molecule has 1 unspecified atom stereocenters. The SMILES string of the molecule is CCCC(c1nnnn1Cc1ccco1)N(Cc1cccs1)Cc1cc2cccc(C)c2[nH]c1=O. The summed E-state index contributed by atoms with van der Waals surface area (Å²) in [4.78, 5) is 19.8. The average Bonchev–Trinajstić information content (AvgIpc) is 3.63. The van der Waals surface area contributed by atoms with Crippen LogP contribution in [0.1, 0.15) is 53.4 Å². The van der Waals surface area contributed by atoms with Crippen molar-refractivity contribution >= 4 is 22.2 Å². The fourth-order valence-electron chi connectivity index (χ4n) is 4.51. The minimum atomic E-state index is -0.0698. The van der Waals surface area contributed by atoms with Crippen molar-refractivity contribution in [1.29, 1.82) is 0 Å². The maximum Gasteiger partial charge on any atom is 0.252 e. The summed E-state index contributed by atoms with van der Waals surface area (Å²) in [6.45, 7) is 5.80. The average molecular weight is 489 g/mol. The Hall–Kier alpha value is -3.56. The van der Waals surface area contributed by atoms with Crippen LogP contribution in [0.4, 0.5) is 0 Å². The number of para-hydroxylation sites is 1. The van der Waals surface area contributed by atoms with Crippen LogP contribution in [0, 0.1) is 6.92 Å². The zero-order valence-corrected chi connectivity index (χ0v) is 20.7. The molecule has 0 amide bonds. The maximum atomic E-state index is 13.1. The van der Waals surface area contributed by atoms with E-state index in [2.05, 4.69) is 49.8 Å². The van der Waals surface area contributed by atoms with Crippen LogP contribution < -0.4 is 5.56 Å². The summed E-state index contributed by atoms with van der Waals surface area (Å²) in [5, 5.41) is 15.8. The molecule has 35 heavy (non-hydrogen) atoms. The highest BCUT2D eigenvalue weighted by molar-refractivity contribution is 7.09. The van der Waals surface area contributed by atoms with E-state index in [9.17, 15) is 4.79 Å². The summed E-state index contributed by atoms with van der Waals surface area (Å²) in [6, 6.07) is 16.0. The van der Waals surface area contributed by atoms with E-state index in [4.69, 9.17) is 4.42 Å². The van der Waals surface area contributed by atoms with E-state index >= 15 is 0 Å². The number of tetrazole rings is 1. The quantitative estimate of drug-likeness (QED) is 0.295. The molecule has 4 aromatic heterocycles. The number of hydrogen-bond acceptors (Lipinski definition) is 7. The van der Waals surface area contributed by atoms with Crippen LogP contribution in [0.5, 0.6) is 0 Å². The Morgan fingerprint density at radius 2 is 2.09 bits per heavy atom. The van der Waals surface area contributed by atoms with Crippen LogP contribution >= 0.6 is 11.3 Å². The van der Waals surface area contributed by atoms with Gasteiger partial charge in [-0.15, -0.1) is 16.4 Å². The summed E-state index contributed by atoms with van der Waals surface area (Å²) in [5.41, 5.74) is 2.61. The zero-order chi connectivity index (χ0) is 24.2. The molecule has 9 heteroatoms. The molecule has 0 saturated heterocycles. The molecule has 0 bridgehead atoms. The van der Waals surface area contributed by atoms with Gasteiger partial charge in [0.05, 0.1) is 17.8 Å². The van der Waals surface area contributed by atoms with E-state index < -0.39 is 0 Å². The molecule has 0 aliphatic heterocycles. The number of aromatic amines is 1. The van der Waals surface area contributed by atoms with Gasteiger partial charge in [-0.3, -0.25) is 9.69 Å². The van der Waals surface area contributed by atoms with E-state index in [-0.39, 0.29) is 11.6 Å². The van der Waals surface area contributed by atoms with Crippen molar-refractivity contribution in [1.82, 2.24) is 30.1 Å². The summed E-state index contributed by atoms with van der Waals surface area (Å²) < 4.78 is 7.34. The summed E-state index contributed by atoms with van der Waals surface area (Å²) in [7, 11) is 0. The summed E-state index contributed by atoms with van der Waals surface area (Å²) in [5.74, 6) is 1.56. The van der Waals surface area contributed by atoms with E-state index in [1.807, 2.05) is 43.3 Å². The van der Waals surface area contributed by atoms with Gasteiger partial charge in [0.2, 0.25) is 0 Å². The van der Waals surface area contributed by atoms with Gasteiger partial charge in [-0.05, 0) is 64.4 Å². The van der Waals surface area contributed by atoms with Gasteiger partial charge in [0.15, 0.2) is 5.82 Å². The first kappa shape index (κ1) is 23.2. The van der Waals surface area contributed by atoms with Gasteiger partial charge < -0.3 is 9.40 Å². The molecule has 1 N–H and O–H groups in total. The lowest BCUT2D eigenvalue weighted by atomic mass is 10.1. The topological polar surface area (TPSA) is 92.8 Å². The number of aryl methyl sites for hydroxylation is 1. The number of nitrogens with one attached hydrogen (secondary N) is 1. The molecule has 1 atom stereocenters. The lowest BCUT2D eigenvalue weighted by Gasteiger charge is -2.30. The van der Waals surface area contributed by atoms with Crippen LogP contribution in [0.25, 0.3) is 10.9 Å². The number of furan rings is 1. The highest BCUT2D eigenvalue weighted by atomic mass is 32.1. The Balaban J connectivity index is 1.53. The number of nitrogens with zero attached hydrogens (tertiary/aromatic N) is 5. The number of rotatable bonds is 10. The Bertz CT molecular complexity index is 1440. The fourth-order valence-corrected chi connectivity index (χ4v) is 5.23. The van der Waals surface area contributed by atoms with Gasteiger partial charge in [-0.25, -0.2) is 4.68 Å². The molecule has 0 spiro atoms. The Labute approximate surface area is 207 Å². The number of aromatic nitrogens is 5. The predicted octanol–water partition coefficient (Wildman–Crippen LogP) is 5.07. The predicted molar refractivity (Wildman–Crippen MR) is 136 cm³/mol. The van der Waals surface area contributed by atoms with Crippen molar-refractivity contribution in [2.24, 2.45) is 0 Å². The molecule has 8 nitrogen and oxygen atoms in total. The smallest absolute Gasteiger partial charge is 0.252 e. The van der Waals surface area contributed by atoms with E-state index in [1.54, 1.807) is 22.3 Å². The van der Waals surface area contributed by atoms with Crippen LogP contribution in [-0.2, 0) is 19.6 Å². The third-order valence-corrected chi connectivity index (χ3v) is 7.08. The molecule has 0 aliphatic rings. The molecular formula is C26H28N6O2S. The molecule has 1 aromatic carbocycles. The fraction of sp³-hybridized carbons (Fsp3) is 0.308. The highest BCUT2D eigenvalue weighted by Gasteiger charge is 2.27. The molecular weight excluding hydrogens is 460 g/mol. The second-order valence-corrected chi connectivity index (χ2v) is 9.76. The lowest BCUT2D eigenvalue weighted by Crippen LogP contribution is -2.32. The molecule has 5 rings (SSSR count). The molecule has 0 aliphatic carbocycles. The third kappa shape index (κ3) is 5.11. The van der Waals surface area contributed by atoms with Crippen molar-refractivity contribution in [3.05, 3.63) is 98.1 Å². The molecule has 5 aromatic rings. The molecule has 0 saturated carbocycles. The van der Waals surface area contributed by atoms with Crippen molar-refractivity contribution in [3.63, 3.8) is 0 Å². The minimum Gasteiger partial charge on any atom is -0.467 e. The van der Waals surface area contributed by atoms with Gasteiger partial charge >= 0.3 is 0 Å². The van der Waals surface area contributed by atoms with Crippen molar-refractivity contribution < 1.29 is 4.42 Å². The van der Waals surface area contributed by atoms with Crippen molar-refractivity contribution in [2.45, 2.75) is 52.4 Å². The van der Waals surface area contributed by atoms with Crippen LogP contribution in [0.2, 0.25) is 0 Å². The molecule has 180 valence electrons. The second kappa shape index (κ2) is 10.4. The first-order valence-corrected chi connectivity index (χ1v) is 12.7. The molecule has 4 heterocycles. The number of hydrogen-bond donors (Lipinski definition) is 1. The first-order chi connectivity index (χ1) is 17.1. The van der Waals surface area contributed by atoms with Gasteiger partial charge in [0, 0.05) is 23.5 Å². The standard InChI is InChI=1S/C26H28N6O2S/c1-3-7-23(25-28-29-30-32(25)16-21-10-5-12-34-21)31(17-22-11-6-13-35-22)15-20-14-19-9-4-8-18(2)24(19)27-26(20)33/h4-6,8-14,23H,3,7,15-17H2,1-2H3,(H,27,33). The lowest BCUT2D eigenvalue weighted by molar-refractivity contribution is 0.157. The van der Waals surface area contributed by atoms with Crippen molar-refractivity contribution in [3.8, 4) is 0 Å². The molecule has 0 fully saturated rings. The molecule has 0 radical (unpaired) electrons. The zero-order valence-electron chi connectivity index (χ0n) is 19.8. The monoisotopic (exact) mass is 488 g/mol. The Morgan fingerprint density at radius 3 is 2.86 bits per heavy atom. The van der Waals surface area contributed by atoms with E-state index in [1.165, 1.54) is 4.88 Å². The van der Waals surface area contributed by atoms with Gasteiger partial charge in [0.1, 0.15) is 12.3 Å². The maximum absolute atomic E-state index is 13.1. The Kier molecular flexibility index (Phi) is 6.87. The number of fused-ring (bicyclic) bond motifs is 1. The van der Waals surface area contributed by atoms with Crippen LogP contribution in [0.3, 0.4) is 0 Å². The summed E-state index contributed by atoms with van der Waals surface area (Å²) >= 11 is 1.71. The Morgan fingerprint density at radius 1 is 1.17 bits per heavy atom. The first-order valence-electron chi connectivity index (χ1n) is 11.8. The van der Waals surface area contributed by atoms with Crippen LogP contribution in [0.15, 0.2) is 69.4 Å². The van der Waals surface area contributed by atoms with Crippen LogP contribution in [-0.4, -0.2) is 30.1 Å². The minimum absolute atomic E-state index is 0.0617. The number of thiophene rings is 1. The van der Waals surface area contributed by atoms with Gasteiger partial charge in [-0.1, -0.05) is 37.6 Å². The summed E-state index contributed by atoms with van der Waals surface area (Å²) in [6.07, 6.45) is 3.46. The second-order valence-electron chi connectivity index (χ2n) is 8.73. The highest BCUT2D eigenvalue weighted by Crippen LogP contribution is 2.29. The largest absolute Gasteiger partial charge is 0.467 e. The van der Waals surface area contributed by atoms with Gasteiger partial charge in [-0.2, -0.15) is 0 Å². The van der Waals surface area contributed by atoms with Gasteiger partial charge in [0.25, 0.3) is 5.56 Å². The van der Waals surface area contributed by atoms with E-state index in [0.717, 1.165) is 46.5 Å². The third-order valence-electron chi connectivity index (χ3n) is 6.22. The van der Waals surface area contributed by atoms with E-state index in [0.29, 0.717) is 19.6 Å².